The van der Waals surface area contributed by atoms with E-state index < -0.39 is 0 Å². The number of benzene rings is 1. The summed E-state index contributed by atoms with van der Waals surface area (Å²) in [5, 5.41) is 0. The Labute approximate surface area is 104 Å². The van der Waals surface area contributed by atoms with Gasteiger partial charge < -0.3 is 4.90 Å². The van der Waals surface area contributed by atoms with Crippen molar-refractivity contribution in [2.75, 3.05) is 18.0 Å². The number of nitrogens with zero attached hydrogens (tertiary/aromatic N) is 2. The van der Waals surface area contributed by atoms with Crippen molar-refractivity contribution in [2.45, 2.75) is 39.5 Å². The minimum absolute atomic E-state index is 0.553. The molecule has 1 aromatic rings. The summed E-state index contributed by atoms with van der Waals surface area (Å²) in [5.41, 5.74) is 4.29. The van der Waals surface area contributed by atoms with Gasteiger partial charge in [-0.3, -0.25) is 4.99 Å². The van der Waals surface area contributed by atoms with Crippen LogP contribution in [-0.4, -0.2) is 19.4 Å². The molecule has 0 amide bonds. The second kappa shape index (κ2) is 4.91. The lowest BCUT2D eigenvalue weighted by Gasteiger charge is -2.25. The van der Waals surface area contributed by atoms with Crippen molar-refractivity contribution < 1.29 is 0 Å². The highest BCUT2D eigenvalue weighted by atomic mass is 15.2. The van der Waals surface area contributed by atoms with E-state index in [9.17, 15) is 0 Å². The van der Waals surface area contributed by atoms with E-state index in [-0.39, 0.29) is 0 Å². The lowest BCUT2D eigenvalue weighted by Crippen LogP contribution is -2.21. The molecule has 0 saturated carbocycles. The first kappa shape index (κ1) is 12.2. The van der Waals surface area contributed by atoms with E-state index in [1.165, 1.54) is 16.8 Å². The lowest BCUT2D eigenvalue weighted by atomic mass is 9.89. The van der Waals surface area contributed by atoms with Gasteiger partial charge in [-0.1, -0.05) is 39.8 Å². The molecular weight excluding hydrogens is 208 g/mol. The summed E-state index contributed by atoms with van der Waals surface area (Å²) in [6.07, 6.45) is 1.98. The molecule has 0 N–H and O–H groups in total. The molecule has 0 atom stereocenters. The van der Waals surface area contributed by atoms with Gasteiger partial charge in [0.25, 0.3) is 0 Å². The Morgan fingerprint density at radius 2 is 1.88 bits per heavy atom. The maximum absolute atomic E-state index is 4.32. The van der Waals surface area contributed by atoms with Gasteiger partial charge in [0.1, 0.15) is 0 Å². The second-order valence-corrected chi connectivity index (χ2v) is 5.30. The van der Waals surface area contributed by atoms with Crippen LogP contribution in [0.4, 0.5) is 5.69 Å². The van der Waals surface area contributed by atoms with Crippen LogP contribution in [0, 0.1) is 0 Å². The van der Waals surface area contributed by atoms with Crippen LogP contribution in [0.5, 0.6) is 0 Å². The summed E-state index contributed by atoms with van der Waals surface area (Å²) in [5.74, 6) is 1.13. The summed E-state index contributed by atoms with van der Waals surface area (Å²) in [7, 11) is 0. The molecule has 2 heteroatoms. The number of anilines is 1. The van der Waals surface area contributed by atoms with Crippen LogP contribution in [0.25, 0.3) is 0 Å². The first-order valence-corrected chi connectivity index (χ1v) is 6.50. The number of hydrogen-bond donors (Lipinski definition) is 0. The molecule has 0 bridgehead atoms. The van der Waals surface area contributed by atoms with Crippen molar-refractivity contribution in [1.29, 1.82) is 0 Å². The highest BCUT2D eigenvalue weighted by Crippen LogP contribution is 2.34. The Balaban J connectivity index is 2.50. The zero-order valence-electron chi connectivity index (χ0n) is 11.3. The van der Waals surface area contributed by atoms with Gasteiger partial charge in [-0.05, 0) is 29.0 Å². The normalized spacial score (nSPS) is 15.3. The van der Waals surface area contributed by atoms with Gasteiger partial charge in [-0.2, -0.15) is 0 Å². The minimum atomic E-state index is 0.553. The molecule has 92 valence electrons. The maximum Gasteiger partial charge on any atom is 0.0895 e. The molecule has 17 heavy (non-hydrogen) atoms. The Morgan fingerprint density at radius 1 is 1.12 bits per heavy atom. The number of aliphatic imine (C=N–C) groups is 1. The molecule has 2 rings (SSSR count). The standard InChI is InChI=1S/C15H22N2/c1-11(2)13-6-5-7-14(15(13)12(3)4)17-9-8-16-10-17/h5-7,10-12H,8-9H2,1-4H3. The van der Waals surface area contributed by atoms with E-state index >= 15 is 0 Å². The average Bonchev–Trinajstić information content (AvgIpc) is 2.81. The smallest absolute Gasteiger partial charge is 0.0895 e. The maximum atomic E-state index is 4.32. The van der Waals surface area contributed by atoms with Crippen molar-refractivity contribution in [3.8, 4) is 0 Å². The van der Waals surface area contributed by atoms with Crippen molar-refractivity contribution >= 4 is 12.0 Å². The van der Waals surface area contributed by atoms with E-state index in [4.69, 9.17) is 0 Å². The molecule has 0 aliphatic carbocycles. The quantitative estimate of drug-likeness (QED) is 0.771. The predicted molar refractivity (Wildman–Crippen MR) is 75.3 cm³/mol. The molecule has 0 unspecified atom stereocenters. The van der Waals surface area contributed by atoms with E-state index in [0.717, 1.165) is 13.1 Å². The SMILES string of the molecule is CC(C)c1cccc(N2C=NCC2)c1C(C)C. The fraction of sp³-hybridized carbons (Fsp3) is 0.533. The third kappa shape index (κ3) is 2.36. The van der Waals surface area contributed by atoms with Gasteiger partial charge in [0.05, 0.1) is 12.9 Å². The molecule has 0 spiro atoms. The molecule has 0 radical (unpaired) electrons. The van der Waals surface area contributed by atoms with E-state index in [2.05, 4.69) is 55.8 Å². The topological polar surface area (TPSA) is 15.6 Å². The molecular formula is C15H22N2. The van der Waals surface area contributed by atoms with Gasteiger partial charge in [-0.25, -0.2) is 0 Å². The van der Waals surface area contributed by atoms with Crippen LogP contribution >= 0.6 is 0 Å². The molecule has 1 aliphatic rings. The highest BCUT2D eigenvalue weighted by molar-refractivity contribution is 5.83. The number of rotatable bonds is 3. The Hall–Kier alpha value is -1.31. The third-order valence-electron chi connectivity index (χ3n) is 3.32. The average molecular weight is 230 g/mol. The first-order valence-electron chi connectivity index (χ1n) is 6.50. The van der Waals surface area contributed by atoms with Crippen LogP contribution < -0.4 is 4.90 Å². The number of hydrogen-bond acceptors (Lipinski definition) is 2. The monoisotopic (exact) mass is 230 g/mol. The van der Waals surface area contributed by atoms with Crippen LogP contribution in [0.1, 0.15) is 50.7 Å². The molecule has 1 aliphatic heterocycles. The molecule has 0 fully saturated rings. The van der Waals surface area contributed by atoms with Gasteiger partial charge in [-0.15, -0.1) is 0 Å². The minimum Gasteiger partial charge on any atom is -0.331 e. The Morgan fingerprint density at radius 3 is 2.41 bits per heavy atom. The van der Waals surface area contributed by atoms with Crippen molar-refractivity contribution in [3.63, 3.8) is 0 Å². The molecule has 2 nitrogen and oxygen atoms in total. The van der Waals surface area contributed by atoms with E-state index in [1.807, 2.05) is 6.34 Å². The summed E-state index contributed by atoms with van der Waals surface area (Å²) in [4.78, 5) is 6.60. The van der Waals surface area contributed by atoms with Crippen LogP contribution in [0.3, 0.4) is 0 Å². The van der Waals surface area contributed by atoms with Crippen LogP contribution in [0.15, 0.2) is 23.2 Å². The van der Waals surface area contributed by atoms with E-state index in [1.54, 1.807) is 0 Å². The third-order valence-corrected chi connectivity index (χ3v) is 3.32. The van der Waals surface area contributed by atoms with Gasteiger partial charge in [0.2, 0.25) is 0 Å². The summed E-state index contributed by atoms with van der Waals surface area (Å²) in [6.45, 7) is 11.0. The van der Waals surface area contributed by atoms with E-state index in [0.29, 0.717) is 11.8 Å². The summed E-state index contributed by atoms with van der Waals surface area (Å²) >= 11 is 0. The fourth-order valence-electron chi connectivity index (χ4n) is 2.52. The van der Waals surface area contributed by atoms with Gasteiger partial charge in [0, 0.05) is 12.2 Å². The largest absolute Gasteiger partial charge is 0.331 e. The zero-order valence-corrected chi connectivity index (χ0v) is 11.3. The lowest BCUT2D eigenvalue weighted by molar-refractivity contribution is 0.787. The van der Waals surface area contributed by atoms with Crippen molar-refractivity contribution in [3.05, 3.63) is 29.3 Å². The summed E-state index contributed by atoms with van der Waals surface area (Å²) < 4.78 is 0. The van der Waals surface area contributed by atoms with Gasteiger partial charge >= 0.3 is 0 Å². The zero-order chi connectivity index (χ0) is 12.4. The molecule has 0 saturated heterocycles. The van der Waals surface area contributed by atoms with Crippen molar-refractivity contribution in [2.24, 2.45) is 4.99 Å². The second-order valence-electron chi connectivity index (χ2n) is 5.30. The Bertz CT molecular complexity index is 419. The molecule has 0 aromatic heterocycles. The Kier molecular flexibility index (Phi) is 3.51. The van der Waals surface area contributed by atoms with Crippen molar-refractivity contribution in [1.82, 2.24) is 0 Å². The van der Waals surface area contributed by atoms with Gasteiger partial charge in [0.15, 0.2) is 0 Å². The van der Waals surface area contributed by atoms with Crippen LogP contribution in [-0.2, 0) is 0 Å². The highest BCUT2D eigenvalue weighted by Gasteiger charge is 2.18. The predicted octanol–water partition coefficient (Wildman–Crippen LogP) is 3.78. The molecule has 1 heterocycles. The van der Waals surface area contributed by atoms with Crippen LogP contribution in [0.2, 0.25) is 0 Å². The molecule has 1 aromatic carbocycles. The fourth-order valence-corrected chi connectivity index (χ4v) is 2.52. The summed E-state index contributed by atoms with van der Waals surface area (Å²) in [6, 6.07) is 6.65. The first-order chi connectivity index (χ1) is 8.11.